The highest BCUT2D eigenvalue weighted by Gasteiger charge is 2.35. The molecular formula is C7H17NO4S2. The van der Waals surface area contributed by atoms with Crippen LogP contribution >= 0.6 is 0 Å². The quantitative estimate of drug-likeness (QED) is 0.747. The first-order chi connectivity index (χ1) is 5.88. The summed E-state index contributed by atoms with van der Waals surface area (Å²) in [5.41, 5.74) is 0. The highest BCUT2D eigenvalue weighted by molar-refractivity contribution is 7.95. The Morgan fingerprint density at radius 2 is 1.50 bits per heavy atom. The molecule has 1 unspecified atom stereocenters. The second-order valence-corrected chi connectivity index (χ2v) is 9.08. The van der Waals surface area contributed by atoms with Gasteiger partial charge in [0, 0.05) is 0 Å². The minimum atomic E-state index is -3.75. The van der Waals surface area contributed by atoms with Gasteiger partial charge in [0.25, 0.3) is 0 Å². The van der Waals surface area contributed by atoms with Crippen molar-refractivity contribution in [1.82, 2.24) is 0 Å². The summed E-state index contributed by atoms with van der Waals surface area (Å²) in [6.07, 6.45) is 0. The zero-order valence-electron chi connectivity index (χ0n) is 8.81. The van der Waals surface area contributed by atoms with Crippen LogP contribution in [0.3, 0.4) is 0 Å². The van der Waals surface area contributed by atoms with Crippen LogP contribution < -0.4 is 5.14 Å². The average molecular weight is 243 g/mol. The number of sulfone groups is 1. The number of primary sulfonamides is 1. The van der Waals surface area contributed by atoms with Crippen molar-refractivity contribution in [2.24, 2.45) is 5.14 Å². The van der Waals surface area contributed by atoms with Crippen LogP contribution in [0.15, 0.2) is 0 Å². The molecule has 1 atom stereocenters. The fourth-order valence-corrected chi connectivity index (χ4v) is 4.17. The smallest absolute Gasteiger partial charge is 0.210 e. The molecule has 0 rings (SSSR count). The van der Waals surface area contributed by atoms with Crippen LogP contribution in [0, 0.1) is 0 Å². The van der Waals surface area contributed by atoms with Crippen LogP contribution in [-0.2, 0) is 19.9 Å². The normalized spacial score (nSPS) is 16.6. The molecule has 0 fully saturated rings. The molecule has 14 heavy (non-hydrogen) atoms. The molecule has 0 heterocycles. The second-order valence-electron chi connectivity index (χ2n) is 4.30. The Kier molecular flexibility index (Phi) is 3.75. The van der Waals surface area contributed by atoms with E-state index in [1.807, 2.05) is 0 Å². The second kappa shape index (κ2) is 3.79. The van der Waals surface area contributed by atoms with Crippen molar-refractivity contribution in [1.29, 1.82) is 0 Å². The van der Waals surface area contributed by atoms with Crippen molar-refractivity contribution in [3.63, 3.8) is 0 Å². The van der Waals surface area contributed by atoms with Gasteiger partial charge in [0.15, 0.2) is 9.84 Å². The van der Waals surface area contributed by atoms with Gasteiger partial charge in [-0.3, -0.25) is 0 Å². The molecule has 0 saturated carbocycles. The molecule has 0 aliphatic rings. The van der Waals surface area contributed by atoms with E-state index in [0.29, 0.717) is 0 Å². The number of nitrogens with two attached hydrogens (primary N) is 1. The molecule has 0 aliphatic carbocycles. The van der Waals surface area contributed by atoms with Gasteiger partial charge in [0.2, 0.25) is 10.0 Å². The molecule has 86 valence electrons. The first-order valence-electron chi connectivity index (χ1n) is 4.12. The summed E-state index contributed by atoms with van der Waals surface area (Å²) in [5, 5.41) is 3.81. The molecule has 0 bridgehead atoms. The van der Waals surface area contributed by atoms with Gasteiger partial charge in [-0.1, -0.05) is 0 Å². The Labute approximate surface area is 85.7 Å². The van der Waals surface area contributed by atoms with Gasteiger partial charge < -0.3 is 0 Å². The third-order valence-electron chi connectivity index (χ3n) is 1.85. The molecule has 0 aromatic rings. The molecule has 0 radical (unpaired) electrons. The van der Waals surface area contributed by atoms with Crippen molar-refractivity contribution < 1.29 is 16.8 Å². The van der Waals surface area contributed by atoms with Crippen molar-refractivity contribution in [3.05, 3.63) is 0 Å². The average Bonchev–Trinajstić information content (AvgIpc) is 1.80. The first kappa shape index (κ1) is 13.9. The third kappa shape index (κ3) is 3.55. The molecule has 0 amide bonds. The number of hydrogen-bond donors (Lipinski definition) is 1. The van der Waals surface area contributed by atoms with E-state index in [4.69, 9.17) is 5.14 Å². The highest BCUT2D eigenvalue weighted by atomic mass is 32.2. The van der Waals surface area contributed by atoms with Gasteiger partial charge in [0.05, 0.1) is 15.7 Å². The van der Waals surface area contributed by atoms with Crippen molar-refractivity contribution in [2.75, 3.05) is 5.75 Å². The van der Waals surface area contributed by atoms with Crippen molar-refractivity contribution >= 4 is 19.9 Å². The lowest BCUT2D eigenvalue weighted by atomic mass is 10.3. The predicted molar refractivity (Wildman–Crippen MR) is 56.1 cm³/mol. The molecule has 0 spiro atoms. The minimum absolute atomic E-state index is 0.535. The monoisotopic (exact) mass is 243 g/mol. The maximum absolute atomic E-state index is 11.7. The number of rotatable bonds is 3. The summed E-state index contributed by atoms with van der Waals surface area (Å²) in [5.74, 6) is -0.535. The van der Waals surface area contributed by atoms with Crippen LogP contribution in [0.4, 0.5) is 0 Å². The molecule has 2 N–H and O–H groups in total. The van der Waals surface area contributed by atoms with Crippen molar-refractivity contribution in [2.45, 2.75) is 37.7 Å². The van der Waals surface area contributed by atoms with Crippen molar-refractivity contribution in [3.8, 4) is 0 Å². The van der Waals surface area contributed by atoms with E-state index < -0.39 is 35.6 Å². The minimum Gasteiger partial charge on any atom is -0.229 e. The fraction of sp³-hybridized carbons (Fsp3) is 1.00. The van der Waals surface area contributed by atoms with Gasteiger partial charge in [-0.05, 0) is 27.7 Å². The van der Waals surface area contributed by atoms with E-state index in [1.165, 1.54) is 27.7 Å². The Morgan fingerprint density at radius 1 is 1.14 bits per heavy atom. The standard InChI is InChI=1S/C7H17NO4S2/c1-6(5-13(8,9)10)14(11,12)7(2,3)4/h6H,5H2,1-4H3,(H2,8,9,10). The topological polar surface area (TPSA) is 94.3 Å². The Hall–Kier alpha value is -0.140. The zero-order valence-corrected chi connectivity index (χ0v) is 10.4. The van der Waals surface area contributed by atoms with E-state index in [0.717, 1.165) is 0 Å². The highest BCUT2D eigenvalue weighted by Crippen LogP contribution is 2.20. The largest absolute Gasteiger partial charge is 0.229 e. The van der Waals surface area contributed by atoms with Crippen LogP contribution in [0.1, 0.15) is 27.7 Å². The van der Waals surface area contributed by atoms with E-state index in [2.05, 4.69) is 0 Å². The SMILES string of the molecule is CC(CS(N)(=O)=O)S(=O)(=O)C(C)(C)C. The lowest BCUT2D eigenvalue weighted by Crippen LogP contribution is -2.40. The molecule has 0 aromatic heterocycles. The van der Waals surface area contributed by atoms with Crippen LogP contribution in [0.2, 0.25) is 0 Å². The Morgan fingerprint density at radius 3 is 1.71 bits per heavy atom. The molecular weight excluding hydrogens is 226 g/mol. The van der Waals surface area contributed by atoms with E-state index in [1.54, 1.807) is 0 Å². The molecule has 0 aliphatic heterocycles. The lowest BCUT2D eigenvalue weighted by molar-refractivity contribution is 0.548. The Balaban J connectivity index is 4.99. The molecule has 7 heteroatoms. The third-order valence-corrected chi connectivity index (χ3v) is 5.96. The summed E-state index contributed by atoms with van der Waals surface area (Å²) in [6.45, 7) is 5.94. The van der Waals surface area contributed by atoms with Crippen LogP contribution in [-0.4, -0.2) is 32.6 Å². The molecule has 5 nitrogen and oxygen atoms in total. The van der Waals surface area contributed by atoms with Gasteiger partial charge in [-0.25, -0.2) is 22.0 Å². The summed E-state index contributed by atoms with van der Waals surface area (Å²) in [7, 11) is -7.21. The summed E-state index contributed by atoms with van der Waals surface area (Å²) in [6, 6.07) is 0. The number of hydrogen-bond acceptors (Lipinski definition) is 4. The van der Waals surface area contributed by atoms with E-state index in [-0.39, 0.29) is 0 Å². The molecule has 0 aromatic carbocycles. The summed E-state index contributed by atoms with van der Waals surface area (Å²) >= 11 is 0. The molecule has 0 saturated heterocycles. The predicted octanol–water partition coefficient (Wildman–Crippen LogP) is -0.123. The summed E-state index contributed by atoms with van der Waals surface area (Å²) < 4.78 is 43.9. The Bertz CT molecular complexity index is 388. The van der Waals surface area contributed by atoms with Gasteiger partial charge in [-0.2, -0.15) is 0 Å². The maximum Gasteiger partial charge on any atom is 0.210 e. The van der Waals surface area contributed by atoms with Gasteiger partial charge >= 0.3 is 0 Å². The first-order valence-corrected chi connectivity index (χ1v) is 7.38. The van der Waals surface area contributed by atoms with Gasteiger partial charge in [-0.15, -0.1) is 0 Å². The zero-order chi connectivity index (χ0) is 11.8. The lowest BCUT2D eigenvalue weighted by Gasteiger charge is -2.23. The van der Waals surface area contributed by atoms with E-state index in [9.17, 15) is 16.8 Å². The fourth-order valence-electron chi connectivity index (χ4n) is 1.02. The van der Waals surface area contributed by atoms with Crippen LogP contribution in [0.25, 0.3) is 0 Å². The summed E-state index contributed by atoms with van der Waals surface area (Å²) in [4.78, 5) is 0. The number of sulfonamides is 1. The maximum atomic E-state index is 11.7. The van der Waals surface area contributed by atoms with Gasteiger partial charge in [0.1, 0.15) is 0 Å². The van der Waals surface area contributed by atoms with Crippen LogP contribution in [0.5, 0.6) is 0 Å². The van der Waals surface area contributed by atoms with E-state index >= 15 is 0 Å².